The maximum absolute atomic E-state index is 11.7. The summed E-state index contributed by atoms with van der Waals surface area (Å²) in [5.41, 5.74) is 6.02. The Bertz CT molecular complexity index is 489. The Balaban J connectivity index is 1.77. The lowest BCUT2D eigenvalue weighted by Crippen LogP contribution is -2.31. The topological polar surface area (TPSA) is 132 Å². The molecule has 2 heterocycles. The number of aliphatic hydroxyl groups is 1. The number of nitrogens with zero attached hydrogens (tertiary/aromatic N) is 2. The van der Waals surface area contributed by atoms with E-state index >= 15 is 0 Å². The standard InChI is InChI=1S/C11H15N5O3/c1-2-3-4-11(15-16-11)5-6-12-10(18)9-8(7-17)13-19-14-9/h1,15-17H,3-7H2,(H,12,18). The van der Waals surface area contributed by atoms with Crippen molar-refractivity contribution < 1.29 is 14.5 Å². The summed E-state index contributed by atoms with van der Waals surface area (Å²) in [6.07, 6.45) is 7.37. The highest BCUT2D eigenvalue weighted by Crippen LogP contribution is 2.20. The van der Waals surface area contributed by atoms with Crippen LogP contribution in [0, 0.1) is 12.3 Å². The van der Waals surface area contributed by atoms with Crippen LogP contribution in [0.2, 0.25) is 0 Å². The lowest BCUT2D eigenvalue weighted by molar-refractivity contribution is 0.0940. The van der Waals surface area contributed by atoms with Crippen LogP contribution >= 0.6 is 0 Å². The van der Waals surface area contributed by atoms with E-state index in [4.69, 9.17) is 11.5 Å². The molecule has 1 aromatic heterocycles. The first-order chi connectivity index (χ1) is 9.21. The van der Waals surface area contributed by atoms with Gasteiger partial charge in [0.2, 0.25) is 0 Å². The van der Waals surface area contributed by atoms with Crippen LogP contribution in [-0.4, -0.2) is 33.5 Å². The molecule has 1 saturated heterocycles. The summed E-state index contributed by atoms with van der Waals surface area (Å²) in [6.45, 7) is 0.0581. The van der Waals surface area contributed by atoms with Gasteiger partial charge in [-0.2, -0.15) is 0 Å². The van der Waals surface area contributed by atoms with E-state index in [9.17, 15) is 4.79 Å². The van der Waals surface area contributed by atoms with Crippen molar-refractivity contribution >= 4 is 5.91 Å². The number of hydrazine groups is 1. The Morgan fingerprint density at radius 2 is 2.26 bits per heavy atom. The molecule has 102 valence electrons. The fraction of sp³-hybridized carbons (Fsp3) is 0.545. The van der Waals surface area contributed by atoms with Crippen LogP contribution in [0.3, 0.4) is 0 Å². The van der Waals surface area contributed by atoms with Gasteiger partial charge < -0.3 is 10.4 Å². The Labute approximate surface area is 109 Å². The van der Waals surface area contributed by atoms with Gasteiger partial charge in [0.25, 0.3) is 5.91 Å². The summed E-state index contributed by atoms with van der Waals surface area (Å²) in [4.78, 5) is 11.7. The molecule has 1 amide bonds. The van der Waals surface area contributed by atoms with Gasteiger partial charge in [-0.15, -0.1) is 12.3 Å². The summed E-state index contributed by atoms with van der Waals surface area (Å²) in [6, 6.07) is 0. The fourth-order valence-corrected chi connectivity index (χ4v) is 1.70. The van der Waals surface area contributed by atoms with Crippen LogP contribution in [-0.2, 0) is 6.61 Å². The zero-order chi connectivity index (χ0) is 13.7. The number of nitrogens with one attached hydrogen (secondary N) is 3. The second-order valence-electron chi connectivity index (χ2n) is 4.26. The van der Waals surface area contributed by atoms with Crippen LogP contribution in [0.5, 0.6) is 0 Å². The molecule has 1 fully saturated rings. The molecule has 0 atom stereocenters. The zero-order valence-corrected chi connectivity index (χ0v) is 10.3. The molecule has 0 unspecified atom stereocenters. The normalized spacial score (nSPS) is 15.8. The SMILES string of the molecule is C#CCCC1(CCNC(=O)c2nonc2CO)NN1. The van der Waals surface area contributed by atoms with E-state index in [2.05, 4.69) is 37.0 Å². The number of terminal acetylenes is 1. The van der Waals surface area contributed by atoms with E-state index in [-0.39, 0.29) is 23.7 Å². The van der Waals surface area contributed by atoms with Crippen molar-refractivity contribution in [2.24, 2.45) is 0 Å². The third kappa shape index (κ3) is 3.29. The van der Waals surface area contributed by atoms with Gasteiger partial charge in [0.1, 0.15) is 5.69 Å². The van der Waals surface area contributed by atoms with E-state index in [1.807, 2.05) is 0 Å². The van der Waals surface area contributed by atoms with Crippen LogP contribution in [0.4, 0.5) is 0 Å². The molecule has 0 aliphatic carbocycles. The van der Waals surface area contributed by atoms with Crippen molar-refractivity contribution in [3.63, 3.8) is 0 Å². The quantitative estimate of drug-likeness (QED) is 0.363. The first-order valence-corrected chi connectivity index (χ1v) is 5.89. The van der Waals surface area contributed by atoms with E-state index in [0.717, 1.165) is 6.42 Å². The minimum absolute atomic E-state index is 0.0110. The van der Waals surface area contributed by atoms with Gasteiger partial charge in [-0.1, -0.05) is 5.16 Å². The first-order valence-electron chi connectivity index (χ1n) is 5.89. The number of rotatable bonds is 7. The third-order valence-corrected chi connectivity index (χ3v) is 2.93. The fourth-order valence-electron chi connectivity index (χ4n) is 1.70. The van der Waals surface area contributed by atoms with E-state index < -0.39 is 5.91 Å². The number of carbonyl (C=O) groups excluding carboxylic acids is 1. The third-order valence-electron chi connectivity index (χ3n) is 2.93. The lowest BCUT2D eigenvalue weighted by atomic mass is 10.1. The van der Waals surface area contributed by atoms with Gasteiger partial charge >= 0.3 is 0 Å². The highest BCUT2D eigenvalue weighted by Gasteiger charge is 2.40. The zero-order valence-electron chi connectivity index (χ0n) is 10.3. The molecule has 1 aliphatic rings. The number of hydrogen-bond donors (Lipinski definition) is 4. The molecule has 8 heteroatoms. The average Bonchev–Trinajstić information content (AvgIpc) is 3.02. The van der Waals surface area contributed by atoms with E-state index in [1.165, 1.54) is 0 Å². The molecule has 2 rings (SSSR count). The molecular weight excluding hydrogens is 250 g/mol. The maximum Gasteiger partial charge on any atom is 0.275 e. The number of aromatic nitrogens is 2. The lowest BCUT2D eigenvalue weighted by Gasteiger charge is -2.10. The van der Waals surface area contributed by atoms with Crippen LogP contribution in [0.25, 0.3) is 0 Å². The molecule has 8 nitrogen and oxygen atoms in total. The maximum atomic E-state index is 11.7. The van der Waals surface area contributed by atoms with Crippen molar-refractivity contribution in [1.29, 1.82) is 0 Å². The molecule has 0 saturated carbocycles. The predicted molar refractivity (Wildman–Crippen MR) is 64.2 cm³/mol. The van der Waals surface area contributed by atoms with Gasteiger partial charge in [-0.25, -0.2) is 15.5 Å². The Kier molecular flexibility index (Phi) is 4.11. The van der Waals surface area contributed by atoms with Crippen LogP contribution in [0.15, 0.2) is 4.63 Å². The summed E-state index contributed by atoms with van der Waals surface area (Å²) >= 11 is 0. The molecule has 0 aromatic carbocycles. The summed E-state index contributed by atoms with van der Waals surface area (Å²) < 4.78 is 4.40. The molecule has 0 spiro atoms. The highest BCUT2D eigenvalue weighted by atomic mass is 16.6. The monoisotopic (exact) mass is 265 g/mol. The molecule has 0 bridgehead atoms. The Morgan fingerprint density at radius 1 is 1.47 bits per heavy atom. The minimum atomic E-state index is -0.418. The van der Waals surface area contributed by atoms with Gasteiger partial charge in [-0.3, -0.25) is 4.79 Å². The van der Waals surface area contributed by atoms with Crippen LogP contribution < -0.4 is 16.2 Å². The number of hydrogen-bond acceptors (Lipinski definition) is 7. The van der Waals surface area contributed by atoms with Gasteiger partial charge in [-0.05, 0) is 18.0 Å². The van der Waals surface area contributed by atoms with Crippen molar-refractivity contribution in [2.75, 3.05) is 6.54 Å². The van der Waals surface area contributed by atoms with Gasteiger partial charge in [0, 0.05) is 13.0 Å². The first kappa shape index (κ1) is 13.5. The van der Waals surface area contributed by atoms with Crippen molar-refractivity contribution in [3.8, 4) is 12.3 Å². The summed E-state index contributed by atoms with van der Waals surface area (Å²) in [5.74, 6) is 2.16. The van der Waals surface area contributed by atoms with Crippen LogP contribution in [0.1, 0.15) is 35.4 Å². The van der Waals surface area contributed by atoms with E-state index in [1.54, 1.807) is 0 Å². The van der Waals surface area contributed by atoms with E-state index in [0.29, 0.717) is 19.4 Å². The second-order valence-corrected chi connectivity index (χ2v) is 4.26. The predicted octanol–water partition coefficient (Wildman–Crippen LogP) is -1.10. The van der Waals surface area contributed by atoms with Gasteiger partial charge in [0.05, 0.1) is 12.3 Å². The number of aliphatic hydroxyl groups excluding tert-OH is 1. The molecule has 4 N–H and O–H groups in total. The Hall–Kier alpha value is -1.95. The molecule has 19 heavy (non-hydrogen) atoms. The number of carbonyl (C=O) groups is 1. The summed E-state index contributed by atoms with van der Waals surface area (Å²) in [7, 11) is 0. The smallest absolute Gasteiger partial charge is 0.275 e. The van der Waals surface area contributed by atoms with Crippen molar-refractivity contribution in [3.05, 3.63) is 11.4 Å². The molecule has 1 aromatic rings. The summed E-state index contributed by atoms with van der Waals surface area (Å²) in [5, 5.41) is 18.5. The minimum Gasteiger partial charge on any atom is -0.390 e. The Morgan fingerprint density at radius 3 is 2.89 bits per heavy atom. The van der Waals surface area contributed by atoms with Gasteiger partial charge in [0.15, 0.2) is 5.69 Å². The second kappa shape index (κ2) is 5.79. The average molecular weight is 265 g/mol. The highest BCUT2D eigenvalue weighted by molar-refractivity contribution is 5.92. The molecular formula is C11H15N5O3. The number of amides is 1. The largest absolute Gasteiger partial charge is 0.390 e. The molecule has 0 radical (unpaired) electrons. The van der Waals surface area contributed by atoms with Crippen molar-refractivity contribution in [1.82, 2.24) is 26.5 Å². The van der Waals surface area contributed by atoms with Crippen molar-refractivity contribution in [2.45, 2.75) is 31.5 Å². The molecule has 1 aliphatic heterocycles.